The number of aromatic nitrogens is 2. The molecule has 0 saturated heterocycles. The Morgan fingerprint density at radius 1 is 1.31 bits per heavy atom. The van der Waals surface area contributed by atoms with Crippen LogP contribution < -0.4 is 0 Å². The lowest BCUT2D eigenvalue weighted by Gasteiger charge is -2.24. The fraction of sp³-hybridized carbons (Fsp3) is 0.615. The van der Waals surface area contributed by atoms with Crippen LogP contribution in [0.15, 0.2) is 12.4 Å². The first-order valence-corrected chi connectivity index (χ1v) is 5.99. The van der Waals surface area contributed by atoms with Gasteiger partial charge in [-0.25, -0.2) is 9.97 Å². The minimum Gasteiger partial charge on any atom is -0.290 e. The Morgan fingerprint density at radius 2 is 2.00 bits per heavy atom. The van der Waals surface area contributed by atoms with Gasteiger partial charge in [0.05, 0.1) is 0 Å². The third-order valence-electron chi connectivity index (χ3n) is 3.31. The predicted octanol–water partition coefficient (Wildman–Crippen LogP) is 2.79. The van der Waals surface area contributed by atoms with Gasteiger partial charge in [-0.05, 0) is 31.2 Å². The molecule has 16 heavy (non-hydrogen) atoms. The van der Waals surface area contributed by atoms with Crippen molar-refractivity contribution in [3.05, 3.63) is 23.8 Å². The quantitative estimate of drug-likeness (QED) is 0.717. The zero-order chi connectivity index (χ0) is 11.5. The fourth-order valence-electron chi connectivity index (χ4n) is 2.37. The minimum absolute atomic E-state index is 0.131. The third kappa shape index (κ3) is 2.46. The van der Waals surface area contributed by atoms with Crippen molar-refractivity contribution in [3.63, 3.8) is 0 Å². The fourth-order valence-corrected chi connectivity index (χ4v) is 2.37. The van der Waals surface area contributed by atoms with Gasteiger partial charge in [-0.2, -0.15) is 0 Å². The molecule has 2 atom stereocenters. The molecule has 0 amide bonds. The maximum Gasteiger partial charge on any atom is 0.203 e. The smallest absolute Gasteiger partial charge is 0.203 e. The lowest BCUT2D eigenvalue weighted by molar-refractivity contribution is 0.0857. The molecular formula is C13H18N2O. The number of Topliss-reactive ketones (excluding diaryl/α,β-unsaturated/α-hetero) is 1. The van der Waals surface area contributed by atoms with E-state index in [0.717, 1.165) is 24.8 Å². The van der Waals surface area contributed by atoms with Crippen LogP contribution in [-0.4, -0.2) is 15.8 Å². The Morgan fingerprint density at radius 3 is 2.62 bits per heavy atom. The topological polar surface area (TPSA) is 42.9 Å². The highest BCUT2D eigenvalue weighted by Crippen LogP contribution is 2.30. The Kier molecular flexibility index (Phi) is 3.32. The van der Waals surface area contributed by atoms with Gasteiger partial charge >= 0.3 is 0 Å². The average molecular weight is 218 g/mol. The van der Waals surface area contributed by atoms with Gasteiger partial charge in [-0.15, -0.1) is 0 Å². The second-order valence-electron chi connectivity index (χ2n) is 4.92. The van der Waals surface area contributed by atoms with Gasteiger partial charge in [0.15, 0.2) is 5.82 Å². The Balaban J connectivity index is 2.09. The van der Waals surface area contributed by atoms with E-state index in [9.17, 15) is 4.79 Å². The summed E-state index contributed by atoms with van der Waals surface area (Å²) in [5.74, 6) is 1.33. The van der Waals surface area contributed by atoms with Crippen molar-refractivity contribution in [2.24, 2.45) is 11.8 Å². The van der Waals surface area contributed by atoms with E-state index in [-0.39, 0.29) is 11.7 Å². The monoisotopic (exact) mass is 218 g/mol. The molecule has 1 aliphatic carbocycles. The summed E-state index contributed by atoms with van der Waals surface area (Å²) in [5, 5.41) is 0. The molecule has 0 aromatic carbocycles. The van der Waals surface area contributed by atoms with Gasteiger partial charge in [0.2, 0.25) is 5.78 Å². The van der Waals surface area contributed by atoms with E-state index in [1.165, 1.54) is 6.42 Å². The maximum atomic E-state index is 12.1. The molecular weight excluding hydrogens is 200 g/mol. The van der Waals surface area contributed by atoms with Crippen LogP contribution in [0.2, 0.25) is 0 Å². The van der Waals surface area contributed by atoms with E-state index >= 15 is 0 Å². The van der Waals surface area contributed by atoms with Crippen LogP contribution in [0.25, 0.3) is 0 Å². The lowest BCUT2D eigenvalue weighted by Crippen LogP contribution is -2.23. The second-order valence-corrected chi connectivity index (χ2v) is 4.92. The molecule has 1 saturated carbocycles. The molecule has 1 heterocycles. The molecule has 1 fully saturated rings. The van der Waals surface area contributed by atoms with E-state index in [1.807, 2.05) is 6.92 Å². The van der Waals surface area contributed by atoms with Gasteiger partial charge < -0.3 is 0 Å². The summed E-state index contributed by atoms with van der Waals surface area (Å²) >= 11 is 0. The molecule has 1 aliphatic rings. The summed E-state index contributed by atoms with van der Waals surface area (Å²) in [4.78, 5) is 20.4. The maximum absolute atomic E-state index is 12.1. The molecule has 3 heteroatoms. The van der Waals surface area contributed by atoms with Crippen LogP contribution in [0.5, 0.6) is 0 Å². The highest BCUT2D eigenvalue weighted by atomic mass is 16.1. The van der Waals surface area contributed by atoms with Crippen molar-refractivity contribution < 1.29 is 4.79 Å². The van der Waals surface area contributed by atoms with Gasteiger partial charge in [0.1, 0.15) is 0 Å². The van der Waals surface area contributed by atoms with Crippen molar-refractivity contribution in [1.29, 1.82) is 0 Å². The van der Waals surface area contributed by atoms with Crippen LogP contribution in [0.4, 0.5) is 0 Å². The highest BCUT2D eigenvalue weighted by molar-refractivity contribution is 5.94. The van der Waals surface area contributed by atoms with Crippen molar-refractivity contribution in [2.75, 3.05) is 0 Å². The summed E-state index contributed by atoms with van der Waals surface area (Å²) in [7, 11) is 0. The van der Waals surface area contributed by atoms with Crippen LogP contribution in [0, 0.1) is 18.8 Å². The van der Waals surface area contributed by atoms with Crippen molar-refractivity contribution in [3.8, 4) is 0 Å². The highest BCUT2D eigenvalue weighted by Gasteiger charge is 2.27. The molecule has 0 bridgehead atoms. The molecule has 0 radical (unpaired) electrons. The second kappa shape index (κ2) is 4.73. The Hall–Kier alpha value is -1.25. The molecule has 0 spiro atoms. The number of carbonyl (C=O) groups excluding carboxylic acids is 1. The number of hydrogen-bond donors (Lipinski definition) is 0. The number of carbonyl (C=O) groups is 1. The summed E-state index contributed by atoms with van der Waals surface area (Å²) in [6, 6.07) is 0. The van der Waals surface area contributed by atoms with E-state index in [4.69, 9.17) is 0 Å². The molecule has 2 unspecified atom stereocenters. The minimum atomic E-state index is 0.131. The molecule has 86 valence electrons. The van der Waals surface area contributed by atoms with Crippen molar-refractivity contribution >= 4 is 5.78 Å². The predicted molar refractivity (Wildman–Crippen MR) is 62.2 cm³/mol. The number of ketones is 1. The summed E-state index contributed by atoms with van der Waals surface area (Å²) in [5.41, 5.74) is 0.994. The van der Waals surface area contributed by atoms with Crippen LogP contribution >= 0.6 is 0 Å². The van der Waals surface area contributed by atoms with Gasteiger partial charge in [0, 0.05) is 18.3 Å². The molecule has 3 nitrogen and oxygen atoms in total. The molecule has 2 rings (SSSR count). The summed E-state index contributed by atoms with van der Waals surface area (Å²) in [6.07, 6.45) is 7.83. The first-order valence-electron chi connectivity index (χ1n) is 5.99. The zero-order valence-electron chi connectivity index (χ0n) is 9.94. The Labute approximate surface area is 96.3 Å². The molecule has 0 N–H and O–H groups in total. The molecule has 1 aromatic heterocycles. The summed E-state index contributed by atoms with van der Waals surface area (Å²) < 4.78 is 0. The van der Waals surface area contributed by atoms with E-state index in [2.05, 4.69) is 16.9 Å². The SMILES string of the molecule is Cc1cnc(C(=O)C2CCCC(C)C2)nc1. The first kappa shape index (κ1) is 11.2. The molecule has 0 aliphatic heterocycles. The third-order valence-corrected chi connectivity index (χ3v) is 3.31. The number of aryl methyl sites for hydroxylation is 1. The lowest BCUT2D eigenvalue weighted by atomic mass is 9.80. The van der Waals surface area contributed by atoms with Crippen molar-refractivity contribution in [1.82, 2.24) is 9.97 Å². The normalized spacial score (nSPS) is 25.4. The van der Waals surface area contributed by atoms with Crippen molar-refractivity contribution in [2.45, 2.75) is 39.5 Å². The zero-order valence-corrected chi connectivity index (χ0v) is 9.94. The van der Waals surface area contributed by atoms with Crippen LogP contribution in [-0.2, 0) is 0 Å². The van der Waals surface area contributed by atoms with E-state index in [0.29, 0.717) is 11.7 Å². The largest absolute Gasteiger partial charge is 0.290 e. The number of nitrogens with zero attached hydrogens (tertiary/aromatic N) is 2. The Bertz CT molecular complexity index is 372. The van der Waals surface area contributed by atoms with Crippen LogP contribution in [0.3, 0.4) is 0 Å². The average Bonchev–Trinajstić information content (AvgIpc) is 2.29. The standard InChI is InChI=1S/C13H18N2O/c1-9-4-3-5-11(6-9)12(16)13-14-7-10(2)8-15-13/h7-9,11H,3-6H2,1-2H3. The first-order chi connectivity index (χ1) is 7.66. The number of hydrogen-bond acceptors (Lipinski definition) is 3. The summed E-state index contributed by atoms with van der Waals surface area (Å²) in [6.45, 7) is 4.15. The number of rotatable bonds is 2. The van der Waals surface area contributed by atoms with Gasteiger partial charge in [0.25, 0.3) is 0 Å². The van der Waals surface area contributed by atoms with Crippen LogP contribution in [0.1, 0.15) is 48.8 Å². The van der Waals surface area contributed by atoms with Gasteiger partial charge in [-0.1, -0.05) is 19.8 Å². The molecule has 1 aromatic rings. The van der Waals surface area contributed by atoms with E-state index in [1.54, 1.807) is 12.4 Å². The van der Waals surface area contributed by atoms with Gasteiger partial charge in [-0.3, -0.25) is 4.79 Å². The van der Waals surface area contributed by atoms with E-state index < -0.39 is 0 Å².